The Morgan fingerprint density at radius 2 is 1.41 bits per heavy atom. The summed E-state index contributed by atoms with van der Waals surface area (Å²) >= 11 is 3.19. The van der Waals surface area contributed by atoms with Crippen molar-refractivity contribution in [2.75, 3.05) is 0 Å². The quantitative estimate of drug-likeness (QED) is 0.176. The van der Waals surface area contributed by atoms with E-state index < -0.39 is 0 Å². The Morgan fingerprint density at radius 3 is 2.05 bits per heavy atom. The van der Waals surface area contributed by atoms with E-state index in [4.69, 9.17) is 6.92 Å². The maximum atomic E-state index is 5.50. The summed E-state index contributed by atoms with van der Waals surface area (Å²) in [6.07, 6.45) is 0. The van der Waals surface area contributed by atoms with Gasteiger partial charge in [-0.05, 0) is 24.3 Å². The molecule has 7 heteroatoms. The summed E-state index contributed by atoms with van der Waals surface area (Å²) in [6.45, 7) is 5.50. The summed E-state index contributed by atoms with van der Waals surface area (Å²) in [7, 11) is 0. The van der Waals surface area contributed by atoms with Crippen LogP contribution in [-0.4, -0.2) is 9.97 Å². The van der Waals surface area contributed by atoms with Crippen LogP contribution < -0.4 is 48.0 Å². The van der Waals surface area contributed by atoms with Crippen molar-refractivity contribution in [3.63, 3.8) is 0 Å². The Labute approximate surface area is 185 Å². The van der Waals surface area contributed by atoms with E-state index >= 15 is 0 Å². The Morgan fingerprint density at radius 1 is 0.818 bits per heavy atom. The van der Waals surface area contributed by atoms with Crippen molar-refractivity contribution >= 4 is 43.1 Å². The third-order valence-electron chi connectivity index (χ3n) is 2.55. The number of halogens is 2. The molecule has 2 radical (unpaired) electrons. The standard InChI is InChI=1S/C8H5NS.C7H5NS.2HI.Pd/c1-6-9-7-4-2-3-5-8(7)10-6;1-2-4-7-6(3-1)8-5-9-7;;;/h1-5H;1-5H;2*1H;/q;;;;+2/p-2. The summed E-state index contributed by atoms with van der Waals surface area (Å²) in [5.41, 5.74) is 3.96. The van der Waals surface area contributed by atoms with Gasteiger partial charge >= 0.3 is 20.4 Å². The first-order valence-corrected chi connectivity index (χ1v) is 7.42. The average Bonchev–Trinajstić information content (AvgIpc) is 3.03. The molecule has 0 aliphatic rings. The summed E-state index contributed by atoms with van der Waals surface area (Å²) < 4.78 is 2.41. The fourth-order valence-corrected chi connectivity index (χ4v) is 3.11. The topological polar surface area (TPSA) is 25.8 Å². The Kier molecular flexibility index (Phi) is 11.2. The molecule has 2 heterocycles. The molecule has 4 aromatic rings. The van der Waals surface area contributed by atoms with Crippen LogP contribution in [-0.2, 0) is 20.4 Å². The van der Waals surface area contributed by atoms with Crippen molar-refractivity contribution in [2.45, 2.75) is 0 Å². The SMILES string of the molecule is [CH]c1nc2ccccc2s1.[I-].[I-].[Pd+2].c1ccc2scnc2c1. The van der Waals surface area contributed by atoms with Crippen molar-refractivity contribution in [3.8, 4) is 0 Å². The van der Waals surface area contributed by atoms with Crippen LogP contribution >= 0.6 is 22.7 Å². The molecule has 4 rings (SSSR count). The molecule has 0 fully saturated rings. The molecule has 0 bridgehead atoms. The number of thiazole rings is 2. The van der Waals surface area contributed by atoms with Crippen LogP contribution in [0.4, 0.5) is 0 Å². The first kappa shape index (κ1) is 22.3. The number of hydrogen-bond donors (Lipinski definition) is 0. The average molecular weight is 643 g/mol. The first-order valence-electron chi connectivity index (χ1n) is 5.72. The zero-order valence-electron chi connectivity index (χ0n) is 11.1. The molecule has 0 spiro atoms. The molecule has 0 aliphatic carbocycles. The number of hydrogen-bond acceptors (Lipinski definition) is 4. The second kappa shape index (κ2) is 11.0. The van der Waals surface area contributed by atoms with Gasteiger partial charge in [-0.2, -0.15) is 0 Å². The van der Waals surface area contributed by atoms with E-state index in [0.29, 0.717) is 5.01 Å². The number of fused-ring (bicyclic) bond motifs is 2. The van der Waals surface area contributed by atoms with Crippen LogP contribution in [0, 0.1) is 6.92 Å². The molecule has 2 nitrogen and oxygen atoms in total. The molecule has 0 unspecified atom stereocenters. The third-order valence-corrected chi connectivity index (χ3v) is 4.22. The zero-order chi connectivity index (χ0) is 13.1. The summed E-state index contributed by atoms with van der Waals surface area (Å²) in [5.74, 6) is 0. The van der Waals surface area contributed by atoms with Crippen LogP contribution in [0.2, 0.25) is 0 Å². The van der Waals surface area contributed by atoms with Gasteiger partial charge in [0, 0.05) is 6.92 Å². The Hall–Kier alpha value is 0.342. The van der Waals surface area contributed by atoms with Crippen LogP contribution in [0.1, 0.15) is 5.01 Å². The van der Waals surface area contributed by atoms with Gasteiger partial charge in [0.25, 0.3) is 0 Å². The van der Waals surface area contributed by atoms with Gasteiger partial charge in [0.05, 0.1) is 31.0 Å². The van der Waals surface area contributed by atoms with Crippen LogP contribution in [0.5, 0.6) is 0 Å². The van der Waals surface area contributed by atoms with Crippen LogP contribution in [0.25, 0.3) is 20.4 Å². The van der Waals surface area contributed by atoms with Crippen molar-refractivity contribution in [3.05, 3.63) is 66.0 Å². The monoisotopic (exact) mass is 642 g/mol. The van der Waals surface area contributed by atoms with Crippen molar-refractivity contribution in [1.29, 1.82) is 0 Å². The van der Waals surface area contributed by atoms with E-state index in [1.807, 2.05) is 48.0 Å². The zero-order valence-corrected chi connectivity index (χ0v) is 18.6. The van der Waals surface area contributed by atoms with Crippen LogP contribution in [0.15, 0.2) is 54.0 Å². The molecule has 0 amide bonds. The van der Waals surface area contributed by atoms with Gasteiger partial charge in [0.1, 0.15) is 0 Å². The van der Waals surface area contributed by atoms with Crippen molar-refractivity contribution in [1.82, 2.24) is 9.97 Å². The first-order chi connectivity index (χ1) is 9.33. The van der Waals surface area contributed by atoms with E-state index in [9.17, 15) is 0 Å². The van der Waals surface area contributed by atoms with E-state index in [0.717, 1.165) is 15.7 Å². The van der Waals surface area contributed by atoms with E-state index in [2.05, 4.69) is 16.0 Å². The maximum absolute atomic E-state index is 5.50. The Bertz CT molecular complexity index is 754. The predicted octanol–water partition coefficient (Wildman–Crippen LogP) is -1.34. The maximum Gasteiger partial charge on any atom is 2.00 e. The fraction of sp³-hybridized carbons (Fsp3) is 0. The number of rotatable bonds is 0. The molecule has 0 atom stereocenters. The normalized spacial score (nSPS) is 8.95. The number of benzene rings is 2. The van der Waals surface area contributed by atoms with Crippen molar-refractivity contribution in [2.24, 2.45) is 0 Å². The number of nitrogens with zero attached hydrogens (tertiary/aromatic N) is 2. The Balaban J connectivity index is 0.000000354. The molecule has 0 aliphatic heterocycles. The molecular formula is C15H10I2N2PdS2. The van der Waals surface area contributed by atoms with Crippen molar-refractivity contribution < 1.29 is 68.4 Å². The molecule has 0 N–H and O–H groups in total. The van der Waals surface area contributed by atoms with Crippen LogP contribution in [0.3, 0.4) is 0 Å². The third kappa shape index (κ3) is 5.76. The second-order valence-electron chi connectivity index (χ2n) is 3.84. The smallest absolute Gasteiger partial charge is 1.00 e. The largest absolute Gasteiger partial charge is 2.00 e. The molecule has 0 saturated carbocycles. The molecular weight excluding hydrogens is 633 g/mol. The molecule has 2 aromatic carbocycles. The predicted molar refractivity (Wildman–Crippen MR) is 82.6 cm³/mol. The minimum Gasteiger partial charge on any atom is -1.00 e. The summed E-state index contributed by atoms with van der Waals surface area (Å²) in [4.78, 5) is 8.25. The molecule has 0 saturated heterocycles. The minimum absolute atomic E-state index is 0. The van der Waals surface area contributed by atoms with Gasteiger partial charge in [0.2, 0.25) is 0 Å². The number of para-hydroxylation sites is 2. The summed E-state index contributed by atoms with van der Waals surface area (Å²) in [6, 6.07) is 16.0. The van der Waals surface area contributed by atoms with E-state index in [1.54, 1.807) is 11.3 Å². The van der Waals surface area contributed by atoms with Gasteiger partial charge in [-0.3, -0.25) is 0 Å². The number of aromatic nitrogens is 2. The van der Waals surface area contributed by atoms with Gasteiger partial charge in [-0.25, -0.2) is 9.97 Å². The second-order valence-corrected chi connectivity index (χ2v) is 5.79. The molecule has 22 heavy (non-hydrogen) atoms. The van der Waals surface area contributed by atoms with Gasteiger partial charge < -0.3 is 48.0 Å². The molecule has 116 valence electrons. The van der Waals surface area contributed by atoms with Gasteiger partial charge in [0.15, 0.2) is 0 Å². The van der Waals surface area contributed by atoms with Gasteiger partial charge in [-0.1, -0.05) is 24.3 Å². The van der Waals surface area contributed by atoms with E-state index in [-0.39, 0.29) is 68.4 Å². The summed E-state index contributed by atoms with van der Waals surface area (Å²) in [5, 5.41) is 0.640. The van der Waals surface area contributed by atoms with Gasteiger partial charge in [-0.15, -0.1) is 22.7 Å². The van der Waals surface area contributed by atoms with E-state index in [1.165, 1.54) is 16.0 Å². The molecule has 2 aromatic heterocycles. The minimum atomic E-state index is 0. The fourth-order valence-electron chi connectivity index (χ4n) is 1.69.